The average molecular weight is 346 g/mol. The molecule has 1 aromatic carbocycles. The number of carboxylic acid groups (broad SMARTS) is 1. The van der Waals surface area contributed by atoms with Gasteiger partial charge in [-0.2, -0.15) is 0 Å². The summed E-state index contributed by atoms with van der Waals surface area (Å²) in [5.41, 5.74) is 0.434. The van der Waals surface area contributed by atoms with E-state index in [1.807, 2.05) is 0 Å². The van der Waals surface area contributed by atoms with Crippen LogP contribution in [0.1, 0.15) is 5.56 Å². The van der Waals surface area contributed by atoms with E-state index in [0.717, 1.165) is 0 Å². The molecular formula is C16H14N2O5S. The molecule has 124 valence electrons. The maximum absolute atomic E-state index is 12.4. The first kappa shape index (κ1) is 17.4. The van der Waals surface area contributed by atoms with Gasteiger partial charge in [0.25, 0.3) is 11.8 Å². The van der Waals surface area contributed by atoms with Crippen LogP contribution in [0.3, 0.4) is 0 Å². The van der Waals surface area contributed by atoms with Gasteiger partial charge in [0.15, 0.2) is 11.7 Å². The Hall–Kier alpha value is -3.00. The van der Waals surface area contributed by atoms with Crippen LogP contribution in [0.4, 0.5) is 0 Å². The number of benzene rings is 1. The van der Waals surface area contributed by atoms with E-state index in [1.54, 1.807) is 18.2 Å². The van der Waals surface area contributed by atoms with Crippen LogP contribution in [0, 0.1) is 0 Å². The number of hydrogen-bond donors (Lipinski definition) is 2. The monoisotopic (exact) mass is 346 g/mol. The number of nitrogens with one attached hydrogen (secondary N) is 1. The number of amides is 2. The van der Waals surface area contributed by atoms with Crippen molar-refractivity contribution >= 4 is 41.2 Å². The summed E-state index contributed by atoms with van der Waals surface area (Å²) in [6.45, 7) is 3.24. The molecule has 8 heteroatoms. The number of rotatable bonds is 6. The Labute approximate surface area is 143 Å². The lowest BCUT2D eigenvalue weighted by Gasteiger charge is -2.27. The largest absolute Gasteiger partial charge is 0.482 e. The van der Waals surface area contributed by atoms with Crippen LogP contribution in [-0.2, 0) is 14.4 Å². The Morgan fingerprint density at radius 2 is 2.17 bits per heavy atom. The number of carbonyl (C=O) groups excluding carboxylic acids is 2. The molecule has 0 aromatic heterocycles. The third kappa shape index (κ3) is 4.05. The van der Waals surface area contributed by atoms with Gasteiger partial charge in [-0.1, -0.05) is 18.2 Å². The van der Waals surface area contributed by atoms with Gasteiger partial charge in [0.1, 0.15) is 11.3 Å². The van der Waals surface area contributed by atoms with Gasteiger partial charge in [-0.25, -0.2) is 4.79 Å². The summed E-state index contributed by atoms with van der Waals surface area (Å²) in [4.78, 5) is 36.2. The number of thiocarbonyl (C=S) groups is 1. The first-order chi connectivity index (χ1) is 11.4. The molecule has 2 N–H and O–H groups in total. The topological polar surface area (TPSA) is 95.9 Å². The van der Waals surface area contributed by atoms with Crippen molar-refractivity contribution in [2.45, 2.75) is 0 Å². The van der Waals surface area contributed by atoms with Crippen molar-refractivity contribution in [2.75, 3.05) is 13.2 Å². The number of ether oxygens (including phenoxy) is 1. The highest BCUT2D eigenvalue weighted by Crippen LogP contribution is 2.18. The second-order valence-corrected chi connectivity index (χ2v) is 5.16. The molecule has 0 spiro atoms. The summed E-state index contributed by atoms with van der Waals surface area (Å²) in [6.07, 6.45) is 2.89. The molecule has 0 aliphatic carbocycles. The van der Waals surface area contributed by atoms with E-state index in [0.29, 0.717) is 11.3 Å². The van der Waals surface area contributed by atoms with E-state index >= 15 is 0 Å². The normalized spacial score (nSPS) is 16.1. The Balaban J connectivity index is 2.28. The first-order valence-corrected chi connectivity index (χ1v) is 7.27. The fraction of sp³-hybridized carbons (Fsp3) is 0.125. The first-order valence-electron chi connectivity index (χ1n) is 6.87. The minimum absolute atomic E-state index is 0.0283. The Morgan fingerprint density at radius 1 is 1.42 bits per heavy atom. The van der Waals surface area contributed by atoms with Gasteiger partial charge in [0.05, 0.1) is 0 Å². The second-order valence-electron chi connectivity index (χ2n) is 4.78. The number of nitrogens with zero attached hydrogens (tertiary/aromatic N) is 1. The summed E-state index contributed by atoms with van der Waals surface area (Å²) < 4.78 is 5.07. The van der Waals surface area contributed by atoms with Crippen molar-refractivity contribution in [2.24, 2.45) is 0 Å². The van der Waals surface area contributed by atoms with Crippen LogP contribution >= 0.6 is 12.2 Å². The second kappa shape index (κ2) is 7.51. The van der Waals surface area contributed by atoms with E-state index in [1.165, 1.54) is 23.1 Å². The minimum atomic E-state index is -1.10. The highest BCUT2D eigenvalue weighted by atomic mass is 32.1. The fourth-order valence-corrected chi connectivity index (χ4v) is 2.24. The van der Waals surface area contributed by atoms with Gasteiger partial charge in [-0.3, -0.25) is 19.8 Å². The summed E-state index contributed by atoms with van der Waals surface area (Å²) >= 11 is 4.97. The highest BCUT2D eigenvalue weighted by molar-refractivity contribution is 7.80. The molecule has 2 rings (SSSR count). The van der Waals surface area contributed by atoms with Crippen molar-refractivity contribution in [3.63, 3.8) is 0 Å². The molecule has 0 atom stereocenters. The van der Waals surface area contributed by atoms with Gasteiger partial charge < -0.3 is 9.84 Å². The lowest BCUT2D eigenvalue weighted by molar-refractivity contribution is -0.139. The van der Waals surface area contributed by atoms with Gasteiger partial charge in [-0.15, -0.1) is 6.58 Å². The lowest BCUT2D eigenvalue weighted by Crippen LogP contribution is -2.53. The van der Waals surface area contributed by atoms with Crippen LogP contribution in [0.15, 0.2) is 42.5 Å². The van der Waals surface area contributed by atoms with Gasteiger partial charge in [0.2, 0.25) is 0 Å². The van der Waals surface area contributed by atoms with Crippen LogP contribution in [0.2, 0.25) is 0 Å². The molecule has 0 unspecified atom stereocenters. The van der Waals surface area contributed by atoms with Crippen LogP contribution in [0.5, 0.6) is 5.75 Å². The zero-order chi connectivity index (χ0) is 17.7. The van der Waals surface area contributed by atoms with Crippen molar-refractivity contribution in [1.29, 1.82) is 0 Å². The maximum Gasteiger partial charge on any atom is 0.341 e. The van der Waals surface area contributed by atoms with Crippen molar-refractivity contribution in [1.82, 2.24) is 10.2 Å². The zero-order valence-corrected chi connectivity index (χ0v) is 13.3. The third-order valence-electron chi connectivity index (χ3n) is 3.03. The molecule has 7 nitrogen and oxygen atoms in total. The highest BCUT2D eigenvalue weighted by Gasteiger charge is 2.32. The van der Waals surface area contributed by atoms with E-state index in [9.17, 15) is 14.4 Å². The summed E-state index contributed by atoms with van der Waals surface area (Å²) in [7, 11) is 0. The third-order valence-corrected chi connectivity index (χ3v) is 3.35. The van der Waals surface area contributed by atoms with Gasteiger partial charge in [0, 0.05) is 6.54 Å². The fourth-order valence-electron chi connectivity index (χ4n) is 1.99. The molecule has 1 aliphatic heterocycles. The minimum Gasteiger partial charge on any atom is -0.482 e. The molecule has 0 saturated carbocycles. The molecule has 0 bridgehead atoms. The van der Waals surface area contributed by atoms with Crippen molar-refractivity contribution in [3.8, 4) is 5.75 Å². The van der Waals surface area contributed by atoms with Crippen LogP contribution in [0.25, 0.3) is 6.08 Å². The van der Waals surface area contributed by atoms with Crippen molar-refractivity contribution < 1.29 is 24.2 Å². The lowest BCUT2D eigenvalue weighted by atomic mass is 10.1. The Kier molecular flexibility index (Phi) is 5.43. The zero-order valence-electron chi connectivity index (χ0n) is 12.5. The molecule has 1 aliphatic rings. The van der Waals surface area contributed by atoms with Crippen LogP contribution < -0.4 is 10.1 Å². The Bertz CT molecular complexity index is 757. The molecule has 1 fully saturated rings. The molecular weight excluding hydrogens is 332 g/mol. The molecule has 24 heavy (non-hydrogen) atoms. The standard InChI is InChI=1S/C16H14N2O5S/c1-2-6-18-15(22)12(14(21)17-16(18)24)8-10-4-3-5-11(7-10)23-9-13(19)20/h2-5,7-8H,1,6,9H2,(H,19,20)(H,17,21,24)/b12-8+. The van der Waals surface area contributed by atoms with Crippen LogP contribution in [-0.4, -0.2) is 46.1 Å². The molecule has 1 saturated heterocycles. The van der Waals surface area contributed by atoms with E-state index in [4.69, 9.17) is 22.1 Å². The maximum atomic E-state index is 12.4. The Morgan fingerprint density at radius 3 is 2.83 bits per heavy atom. The SMILES string of the molecule is C=CCN1C(=O)/C(=C/c2cccc(OCC(=O)O)c2)C(=O)NC1=S. The molecule has 1 heterocycles. The number of carbonyl (C=O) groups is 3. The predicted molar refractivity (Wildman–Crippen MR) is 90.2 cm³/mol. The van der Waals surface area contributed by atoms with Gasteiger partial charge >= 0.3 is 5.97 Å². The summed E-state index contributed by atoms with van der Waals surface area (Å²) in [6, 6.07) is 6.39. The molecule has 1 aromatic rings. The van der Waals surface area contributed by atoms with E-state index in [-0.39, 0.29) is 17.2 Å². The number of carboxylic acids is 1. The predicted octanol–water partition coefficient (Wildman–Crippen LogP) is 0.963. The average Bonchev–Trinajstić information content (AvgIpc) is 2.54. The molecule has 0 radical (unpaired) electrons. The van der Waals surface area contributed by atoms with E-state index in [2.05, 4.69) is 11.9 Å². The number of aliphatic carboxylic acids is 1. The van der Waals surface area contributed by atoms with E-state index < -0.39 is 24.4 Å². The summed E-state index contributed by atoms with van der Waals surface area (Å²) in [5, 5.41) is 11.1. The van der Waals surface area contributed by atoms with Crippen molar-refractivity contribution in [3.05, 3.63) is 48.1 Å². The summed E-state index contributed by atoms with van der Waals surface area (Å²) in [5.74, 6) is -1.91. The number of hydrogen-bond acceptors (Lipinski definition) is 5. The molecule has 2 amide bonds. The smallest absolute Gasteiger partial charge is 0.341 e. The van der Waals surface area contributed by atoms with Gasteiger partial charge in [-0.05, 0) is 36.0 Å². The quantitative estimate of drug-likeness (QED) is 0.345.